The molecule has 0 N–H and O–H groups in total. The van der Waals surface area contributed by atoms with Gasteiger partial charge in [-0.3, -0.25) is 0 Å². The Kier molecular flexibility index (Phi) is 9.39. The summed E-state index contributed by atoms with van der Waals surface area (Å²) < 4.78 is 5.45. The number of benzene rings is 2. The maximum Gasteiger partial charge on any atom is 0.257 e. The standard InChI is InChI=1S/C25H31ClN3O/c1-2-3-4-5-6-7-11-24-28-25(30-29-24)22-14-12-21(13-15-22)19-27-17-16-20-9-8-10-23(26)18-20/h8-10,12-15,18H,2-7,11,16-17,19H2,1H3. The third-order valence-electron chi connectivity index (χ3n) is 5.16. The van der Waals surface area contributed by atoms with E-state index in [-0.39, 0.29) is 0 Å². The Morgan fingerprint density at radius 1 is 0.900 bits per heavy atom. The van der Waals surface area contributed by atoms with Crippen LogP contribution >= 0.6 is 11.6 Å². The number of unbranched alkanes of at least 4 members (excludes halogenated alkanes) is 5. The number of nitrogens with zero attached hydrogens (tertiary/aromatic N) is 3. The third kappa shape index (κ3) is 7.58. The van der Waals surface area contributed by atoms with Gasteiger partial charge in [-0.05, 0) is 48.2 Å². The zero-order valence-electron chi connectivity index (χ0n) is 17.8. The second-order valence-electron chi connectivity index (χ2n) is 7.72. The summed E-state index contributed by atoms with van der Waals surface area (Å²) in [5, 5.41) is 9.55. The average molecular weight is 425 g/mol. The van der Waals surface area contributed by atoms with Gasteiger partial charge in [-0.2, -0.15) is 4.98 Å². The molecule has 0 aliphatic carbocycles. The van der Waals surface area contributed by atoms with Crippen LogP contribution in [-0.4, -0.2) is 16.7 Å². The van der Waals surface area contributed by atoms with Crippen molar-refractivity contribution in [1.29, 1.82) is 0 Å². The Morgan fingerprint density at radius 2 is 1.70 bits per heavy atom. The van der Waals surface area contributed by atoms with Crippen molar-refractivity contribution in [3.8, 4) is 11.5 Å². The molecule has 1 heterocycles. The Balaban J connectivity index is 1.39. The highest BCUT2D eigenvalue weighted by molar-refractivity contribution is 6.30. The van der Waals surface area contributed by atoms with E-state index in [1.54, 1.807) is 0 Å². The molecule has 2 aromatic carbocycles. The lowest BCUT2D eigenvalue weighted by atomic mass is 10.1. The van der Waals surface area contributed by atoms with E-state index in [0.29, 0.717) is 12.4 Å². The van der Waals surface area contributed by atoms with E-state index < -0.39 is 0 Å². The fraction of sp³-hybridized carbons (Fsp3) is 0.440. The van der Waals surface area contributed by atoms with Crippen LogP contribution in [0.1, 0.15) is 62.4 Å². The van der Waals surface area contributed by atoms with Gasteiger partial charge in [0.05, 0.1) is 0 Å². The van der Waals surface area contributed by atoms with Crippen LogP contribution in [0.15, 0.2) is 53.1 Å². The minimum absolute atomic E-state index is 0.598. The maximum absolute atomic E-state index is 6.02. The third-order valence-corrected chi connectivity index (χ3v) is 5.40. The molecular formula is C25H31ClN3O. The summed E-state index contributed by atoms with van der Waals surface area (Å²) in [7, 11) is 0. The van der Waals surface area contributed by atoms with Crippen molar-refractivity contribution in [2.24, 2.45) is 0 Å². The molecule has 0 aliphatic rings. The van der Waals surface area contributed by atoms with E-state index in [4.69, 9.17) is 16.1 Å². The largest absolute Gasteiger partial charge is 0.334 e. The first-order valence-electron chi connectivity index (χ1n) is 11.0. The first-order chi connectivity index (χ1) is 14.7. The van der Waals surface area contributed by atoms with Gasteiger partial charge in [0, 0.05) is 30.1 Å². The van der Waals surface area contributed by atoms with Crippen LogP contribution < -0.4 is 5.32 Å². The van der Waals surface area contributed by atoms with Crippen LogP contribution in [0.4, 0.5) is 0 Å². The molecule has 0 unspecified atom stereocenters. The Hall–Kier alpha value is -2.17. The molecule has 1 radical (unpaired) electrons. The molecule has 0 atom stereocenters. The predicted molar refractivity (Wildman–Crippen MR) is 123 cm³/mol. The van der Waals surface area contributed by atoms with Crippen molar-refractivity contribution in [1.82, 2.24) is 15.5 Å². The molecule has 0 fully saturated rings. The summed E-state index contributed by atoms with van der Waals surface area (Å²) in [6.45, 7) is 3.73. The molecule has 3 aromatic rings. The number of hydrogen-bond donors (Lipinski definition) is 0. The van der Waals surface area contributed by atoms with Crippen LogP contribution in [0, 0.1) is 0 Å². The summed E-state index contributed by atoms with van der Waals surface area (Å²) in [4.78, 5) is 4.55. The molecule has 0 saturated carbocycles. The zero-order chi connectivity index (χ0) is 21.0. The van der Waals surface area contributed by atoms with Gasteiger partial charge in [-0.15, -0.1) is 0 Å². The van der Waals surface area contributed by atoms with E-state index in [0.717, 1.165) is 42.2 Å². The minimum atomic E-state index is 0.598. The molecule has 0 aliphatic heterocycles. The summed E-state index contributed by atoms with van der Waals surface area (Å²) in [6, 6.07) is 16.2. The normalized spacial score (nSPS) is 11.1. The first-order valence-corrected chi connectivity index (χ1v) is 11.4. The van der Waals surface area contributed by atoms with Gasteiger partial charge in [0.15, 0.2) is 5.82 Å². The molecule has 5 heteroatoms. The fourth-order valence-electron chi connectivity index (χ4n) is 3.40. The number of hydrogen-bond acceptors (Lipinski definition) is 3. The van der Waals surface area contributed by atoms with Crippen LogP contribution in [0.3, 0.4) is 0 Å². The molecule has 0 bridgehead atoms. The average Bonchev–Trinajstić information content (AvgIpc) is 3.23. The molecule has 30 heavy (non-hydrogen) atoms. The number of rotatable bonds is 13. The van der Waals surface area contributed by atoms with Crippen molar-refractivity contribution >= 4 is 11.6 Å². The highest BCUT2D eigenvalue weighted by Crippen LogP contribution is 2.19. The van der Waals surface area contributed by atoms with Crippen molar-refractivity contribution in [3.63, 3.8) is 0 Å². The lowest BCUT2D eigenvalue weighted by Crippen LogP contribution is -2.09. The second-order valence-corrected chi connectivity index (χ2v) is 8.15. The van der Waals surface area contributed by atoms with Crippen LogP contribution in [-0.2, 0) is 19.4 Å². The summed E-state index contributed by atoms with van der Waals surface area (Å²) >= 11 is 6.02. The van der Waals surface area contributed by atoms with Crippen molar-refractivity contribution in [2.75, 3.05) is 6.54 Å². The van der Waals surface area contributed by atoms with Gasteiger partial charge in [0.2, 0.25) is 0 Å². The number of aromatic nitrogens is 2. The summed E-state index contributed by atoms with van der Waals surface area (Å²) in [5.41, 5.74) is 3.35. The highest BCUT2D eigenvalue weighted by Gasteiger charge is 2.09. The Morgan fingerprint density at radius 3 is 2.50 bits per heavy atom. The quantitative estimate of drug-likeness (QED) is 0.289. The first kappa shape index (κ1) is 22.5. The van der Waals surface area contributed by atoms with Crippen molar-refractivity contribution in [2.45, 2.75) is 64.8 Å². The molecule has 0 spiro atoms. The van der Waals surface area contributed by atoms with Crippen LogP contribution in [0.25, 0.3) is 11.5 Å². The molecule has 3 rings (SSSR count). The number of halogens is 1. The van der Waals surface area contributed by atoms with Gasteiger partial charge in [0.25, 0.3) is 5.89 Å². The van der Waals surface area contributed by atoms with Gasteiger partial charge in [-0.1, -0.05) is 80.1 Å². The van der Waals surface area contributed by atoms with E-state index in [2.05, 4.69) is 40.6 Å². The summed E-state index contributed by atoms with van der Waals surface area (Å²) in [6.07, 6.45) is 9.39. The maximum atomic E-state index is 6.02. The van der Waals surface area contributed by atoms with Crippen LogP contribution in [0.2, 0.25) is 5.02 Å². The van der Waals surface area contributed by atoms with Gasteiger partial charge in [-0.25, -0.2) is 5.32 Å². The lowest BCUT2D eigenvalue weighted by molar-refractivity contribution is 0.421. The highest BCUT2D eigenvalue weighted by atomic mass is 35.5. The predicted octanol–water partition coefficient (Wildman–Crippen LogP) is 6.64. The monoisotopic (exact) mass is 424 g/mol. The molecule has 1 aromatic heterocycles. The molecule has 0 saturated heterocycles. The van der Waals surface area contributed by atoms with Gasteiger partial charge in [0.1, 0.15) is 0 Å². The van der Waals surface area contributed by atoms with E-state index in [1.807, 2.05) is 30.3 Å². The Bertz CT molecular complexity index is 876. The summed E-state index contributed by atoms with van der Waals surface area (Å²) in [5.74, 6) is 1.40. The van der Waals surface area contributed by atoms with E-state index in [9.17, 15) is 0 Å². The van der Waals surface area contributed by atoms with Gasteiger partial charge < -0.3 is 4.52 Å². The minimum Gasteiger partial charge on any atom is -0.334 e. The molecule has 0 amide bonds. The zero-order valence-corrected chi connectivity index (χ0v) is 18.6. The van der Waals surface area contributed by atoms with Crippen LogP contribution in [0.5, 0.6) is 0 Å². The Labute approximate surface area is 185 Å². The lowest BCUT2D eigenvalue weighted by Gasteiger charge is -2.04. The topological polar surface area (TPSA) is 53.0 Å². The van der Waals surface area contributed by atoms with E-state index in [1.165, 1.54) is 43.2 Å². The van der Waals surface area contributed by atoms with Crippen molar-refractivity contribution in [3.05, 3.63) is 70.5 Å². The molecule has 159 valence electrons. The second kappa shape index (κ2) is 12.5. The fourth-order valence-corrected chi connectivity index (χ4v) is 3.61. The van der Waals surface area contributed by atoms with Gasteiger partial charge >= 0.3 is 0 Å². The molecule has 4 nitrogen and oxygen atoms in total. The van der Waals surface area contributed by atoms with Crippen molar-refractivity contribution < 1.29 is 4.52 Å². The molecular weight excluding hydrogens is 394 g/mol. The number of aryl methyl sites for hydroxylation is 1. The van der Waals surface area contributed by atoms with E-state index >= 15 is 0 Å². The SMILES string of the molecule is CCCCCCCCc1noc(-c2ccc(C[N]CCc3cccc(Cl)c3)cc2)n1. The smallest absolute Gasteiger partial charge is 0.257 e.